The monoisotopic (exact) mass is 654 g/mol. The Balaban J connectivity index is 1.33. The van der Waals surface area contributed by atoms with Crippen LogP contribution in [-0.4, -0.2) is 12.8 Å². The average molecular weight is 654 g/mol. The van der Waals surface area contributed by atoms with E-state index in [0.717, 1.165) is 20.1 Å². The van der Waals surface area contributed by atoms with E-state index in [4.69, 9.17) is 22.7 Å². The molecule has 0 atom stereocenters. The number of hydrogen-bond acceptors (Lipinski definition) is 7. The van der Waals surface area contributed by atoms with Gasteiger partial charge in [0.05, 0.1) is 28.3 Å². The maximum atomic E-state index is 10.0. The number of nitrogens with zero attached hydrogens (tertiary/aromatic N) is 2. The van der Waals surface area contributed by atoms with Crippen molar-refractivity contribution >= 4 is 45.5 Å². The summed E-state index contributed by atoms with van der Waals surface area (Å²) in [5, 5.41) is 12.3. The number of nitriles is 1. The molecule has 0 unspecified atom stereocenters. The molecule has 3 aromatic heterocycles. The van der Waals surface area contributed by atoms with Gasteiger partial charge in [-0.1, -0.05) is 42.5 Å². The summed E-state index contributed by atoms with van der Waals surface area (Å²) in [7, 11) is 0. The topological polar surface area (TPSA) is 94.0 Å². The van der Waals surface area contributed by atoms with E-state index in [1.54, 1.807) is 43.0 Å². The summed E-state index contributed by atoms with van der Waals surface area (Å²) in [6.45, 7) is 2.79. The Morgan fingerprint density at radius 3 is 2.46 bits per heavy atom. The lowest BCUT2D eigenvalue weighted by molar-refractivity contribution is 0.268. The number of aliphatic imine (C=N–C) groups is 1. The van der Waals surface area contributed by atoms with Gasteiger partial charge in [-0.2, -0.15) is 5.26 Å². The van der Waals surface area contributed by atoms with Crippen LogP contribution in [0.15, 0.2) is 110 Å². The van der Waals surface area contributed by atoms with Gasteiger partial charge in [0.25, 0.3) is 0 Å². The molecule has 0 radical (unpaired) electrons. The molecule has 0 N–H and O–H groups in total. The number of rotatable bonds is 9. The molecule has 0 spiro atoms. The van der Waals surface area contributed by atoms with Gasteiger partial charge in [-0.25, -0.2) is 4.99 Å². The van der Waals surface area contributed by atoms with Gasteiger partial charge < -0.3 is 22.7 Å². The molecule has 0 saturated carbocycles. The van der Waals surface area contributed by atoms with Gasteiger partial charge in [-0.3, -0.25) is 0 Å². The first-order chi connectivity index (χ1) is 20.2. The van der Waals surface area contributed by atoms with Gasteiger partial charge in [-0.05, 0) is 87.8 Å². The minimum atomic E-state index is 0.148. The first-order valence-corrected chi connectivity index (χ1v) is 14.0. The molecule has 3 aromatic carbocycles. The molecule has 7 nitrogen and oxygen atoms in total. The van der Waals surface area contributed by atoms with Crippen molar-refractivity contribution < 1.29 is 22.7 Å². The first kappa shape index (κ1) is 26.5. The van der Waals surface area contributed by atoms with Crippen molar-refractivity contribution in [2.24, 2.45) is 4.99 Å². The van der Waals surface area contributed by atoms with Crippen LogP contribution >= 0.6 is 22.6 Å². The smallest absolute Gasteiger partial charge is 0.238 e. The van der Waals surface area contributed by atoms with E-state index in [-0.39, 0.29) is 11.4 Å². The maximum Gasteiger partial charge on any atom is 0.238 e. The summed E-state index contributed by atoms with van der Waals surface area (Å²) in [5.74, 6) is 2.74. The molecule has 0 amide bonds. The first-order valence-electron chi connectivity index (χ1n) is 12.9. The maximum absolute atomic E-state index is 10.0. The summed E-state index contributed by atoms with van der Waals surface area (Å²) in [4.78, 5) is 4.55. The second-order valence-corrected chi connectivity index (χ2v) is 10.2. The lowest BCUT2D eigenvalue weighted by atomic mass is 10.1. The van der Waals surface area contributed by atoms with E-state index in [2.05, 4.69) is 57.9 Å². The normalized spacial score (nSPS) is 11.2. The number of fused-ring (bicyclic) bond motifs is 1. The van der Waals surface area contributed by atoms with Crippen molar-refractivity contribution in [3.05, 3.63) is 112 Å². The minimum Gasteiger partial charge on any atom is -0.490 e. The zero-order valence-corrected chi connectivity index (χ0v) is 24.1. The van der Waals surface area contributed by atoms with E-state index in [0.29, 0.717) is 47.6 Å². The highest BCUT2D eigenvalue weighted by atomic mass is 127. The molecule has 202 valence electrons. The van der Waals surface area contributed by atoms with Crippen molar-refractivity contribution in [1.29, 1.82) is 5.26 Å². The third-order valence-corrected chi connectivity index (χ3v) is 7.23. The predicted octanol–water partition coefficient (Wildman–Crippen LogP) is 9.16. The lowest BCUT2D eigenvalue weighted by Gasteiger charge is -2.15. The highest BCUT2D eigenvalue weighted by molar-refractivity contribution is 14.1. The SMILES string of the molecule is CCOc1cc(C=Nc2oc(-c3ccco3)c(-c3ccco3)c2C#N)cc(I)c1OCc1cccc2ccccc12. The number of furan rings is 3. The molecule has 3 heterocycles. The standard InChI is InChI=1S/C33H23IN2O5/c1-2-37-29-17-21(16-26(34)31(29)40-20-23-10-5-9-22-8-3-4-11-24(22)23)19-36-33-25(18-35)30(27-12-6-14-38-27)32(41-33)28-13-7-15-39-28/h3-17,19H,2,20H2,1H3. The summed E-state index contributed by atoms with van der Waals surface area (Å²) in [5.41, 5.74) is 2.59. The Morgan fingerprint density at radius 1 is 0.927 bits per heavy atom. The van der Waals surface area contributed by atoms with Gasteiger partial charge in [0.15, 0.2) is 23.0 Å². The molecule has 41 heavy (non-hydrogen) atoms. The van der Waals surface area contributed by atoms with Crippen molar-refractivity contribution in [1.82, 2.24) is 0 Å². The Hall–Kier alpha value is -4.75. The zero-order chi connectivity index (χ0) is 28.2. The molecular formula is C33H23IN2O5. The van der Waals surface area contributed by atoms with Crippen LogP contribution in [0.4, 0.5) is 5.88 Å². The largest absolute Gasteiger partial charge is 0.490 e. The van der Waals surface area contributed by atoms with Crippen LogP contribution in [0.2, 0.25) is 0 Å². The lowest BCUT2D eigenvalue weighted by Crippen LogP contribution is -2.03. The van der Waals surface area contributed by atoms with Crippen molar-refractivity contribution in [2.45, 2.75) is 13.5 Å². The van der Waals surface area contributed by atoms with E-state index in [1.165, 1.54) is 5.39 Å². The number of hydrogen-bond donors (Lipinski definition) is 0. The fourth-order valence-corrected chi connectivity index (χ4v) is 5.40. The molecule has 0 fully saturated rings. The second kappa shape index (κ2) is 11.8. The van der Waals surface area contributed by atoms with E-state index < -0.39 is 0 Å². The highest BCUT2D eigenvalue weighted by Crippen LogP contribution is 2.43. The summed E-state index contributed by atoms with van der Waals surface area (Å²) in [6.07, 6.45) is 4.72. The summed E-state index contributed by atoms with van der Waals surface area (Å²) in [6, 6.07) is 27.5. The fourth-order valence-electron chi connectivity index (χ4n) is 4.62. The molecule has 8 heteroatoms. The van der Waals surface area contributed by atoms with E-state index >= 15 is 0 Å². The van der Waals surface area contributed by atoms with Crippen LogP contribution in [0.5, 0.6) is 11.5 Å². The van der Waals surface area contributed by atoms with Gasteiger partial charge >= 0.3 is 0 Å². The zero-order valence-electron chi connectivity index (χ0n) is 22.0. The molecular weight excluding hydrogens is 631 g/mol. The van der Waals surface area contributed by atoms with Crippen LogP contribution in [-0.2, 0) is 6.61 Å². The molecule has 0 bridgehead atoms. The van der Waals surface area contributed by atoms with Crippen LogP contribution < -0.4 is 9.47 Å². The predicted molar refractivity (Wildman–Crippen MR) is 165 cm³/mol. The van der Waals surface area contributed by atoms with Gasteiger partial charge in [0, 0.05) is 6.21 Å². The Bertz CT molecular complexity index is 1870. The molecule has 6 rings (SSSR count). The Morgan fingerprint density at radius 2 is 1.71 bits per heavy atom. The van der Waals surface area contributed by atoms with Gasteiger partial charge in [-0.15, -0.1) is 0 Å². The Kier molecular flexibility index (Phi) is 7.60. The second-order valence-electron chi connectivity index (χ2n) is 9.00. The summed E-state index contributed by atoms with van der Waals surface area (Å²) < 4.78 is 30.3. The van der Waals surface area contributed by atoms with E-state index in [1.807, 2.05) is 37.3 Å². The third-order valence-electron chi connectivity index (χ3n) is 6.43. The van der Waals surface area contributed by atoms with Crippen molar-refractivity contribution in [3.8, 4) is 40.4 Å². The molecule has 0 aliphatic rings. The van der Waals surface area contributed by atoms with Crippen LogP contribution in [0.25, 0.3) is 33.6 Å². The molecule has 6 aromatic rings. The highest BCUT2D eigenvalue weighted by Gasteiger charge is 2.26. The van der Waals surface area contributed by atoms with E-state index in [9.17, 15) is 5.26 Å². The van der Waals surface area contributed by atoms with Crippen LogP contribution in [0, 0.1) is 14.9 Å². The molecule has 0 aliphatic carbocycles. The third kappa shape index (κ3) is 5.36. The quantitative estimate of drug-likeness (QED) is 0.114. The number of halogens is 1. The average Bonchev–Trinajstić information content (AvgIpc) is 3.77. The molecule has 0 aliphatic heterocycles. The van der Waals surface area contributed by atoms with Crippen LogP contribution in [0.1, 0.15) is 23.6 Å². The summed E-state index contributed by atoms with van der Waals surface area (Å²) >= 11 is 2.24. The number of benzene rings is 3. The Labute approximate surface area is 249 Å². The van der Waals surface area contributed by atoms with Crippen molar-refractivity contribution in [3.63, 3.8) is 0 Å². The molecule has 0 saturated heterocycles. The van der Waals surface area contributed by atoms with Crippen LogP contribution in [0.3, 0.4) is 0 Å². The number of ether oxygens (including phenoxy) is 2. The minimum absolute atomic E-state index is 0.148. The van der Waals surface area contributed by atoms with Gasteiger partial charge in [0.1, 0.15) is 24.0 Å². The van der Waals surface area contributed by atoms with Crippen molar-refractivity contribution in [2.75, 3.05) is 6.61 Å². The fraction of sp³-hybridized carbons (Fsp3) is 0.0909. The van der Waals surface area contributed by atoms with Gasteiger partial charge in [0.2, 0.25) is 5.88 Å².